The number of nitrogens with zero attached hydrogens (tertiary/aromatic N) is 1. The molecule has 0 bridgehead atoms. The number of hydrogen-bond acceptors (Lipinski definition) is 5. The number of hydrogen-bond donors (Lipinski definition) is 1. The Morgan fingerprint density at radius 2 is 1.30 bits per heavy atom. The Kier molecular flexibility index (Phi) is 5.75. The van der Waals surface area contributed by atoms with Crippen molar-refractivity contribution in [3.8, 4) is 22.3 Å². The molecule has 5 heteroatoms. The SMILES string of the molecule is C1=CC2Sc3c(-c4cc5c(sc6c7ccncc7c(-c7cccc8c7SC7C=CC=CC87)cc56)c5c4CNC=C5)cccc3C2C=C1. The molecule has 224 valence electrons. The van der Waals surface area contributed by atoms with Gasteiger partial charge in [0.05, 0.1) is 0 Å². The van der Waals surface area contributed by atoms with Gasteiger partial charge in [-0.05, 0) is 75.0 Å². The highest BCUT2D eigenvalue weighted by Gasteiger charge is 2.35. The molecule has 5 aliphatic rings. The van der Waals surface area contributed by atoms with E-state index in [0.29, 0.717) is 22.3 Å². The highest BCUT2D eigenvalue weighted by Crippen LogP contribution is 2.55. The molecule has 1 N–H and O–H groups in total. The summed E-state index contributed by atoms with van der Waals surface area (Å²) in [6.07, 6.45) is 26.8. The van der Waals surface area contributed by atoms with Gasteiger partial charge >= 0.3 is 0 Å². The topological polar surface area (TPSA) is 24.9 Å². The molecule has 4 aromatic carbocycles. The number of pyridine rings is 1. The monoisotopic (exact) mass is 656 g/mol. The van der Waals surface area contributed by atoms with Crippen LogP contribution in [0.5, 0.6) is 0 Å². The third kappa shape index (κ3) is 3.79. The minimum absolute atomic E-state index is 0.435. The fourth-order valence-electron chi connectivity index (χ4n) is 8.37. The second-order valence-electron chi connectivity index (χ2n) is 12.9. The summed E-state index contributed by atoms with van der Waals surface area (Å²) in [7, 11) is 0. The van der Waals surface area contributed by atoms with Gasteiger partial charge in [-0.25, -0.2) is 0 Å². The van der Waals surface area contributed by atoms with Crippen molar-refractivity contribution < 1.29 is 0 Å². The zero-order valence-corrected chi connectivity index (χ0v) is 27.8. The van der Waals surface area contributed by atoms with E-state index in [4.69, 9.17) is 0 Å². The van der Waals surface area contributed by atoms with Crippen molar-refractivity contribution in [2.24, 2.45) is 0 Å². The van der Waals surface area contributed by atoms with Crippen LogP contribution in [0.3, 0.4) is 0 Å². The van der Waals surface area contributed by atoms with Crippen molar-refractivity contribution in [3.05, 3.63) is 144 Å². The summed E-state index contributed by atoms with van der Waals surface area (Å²) in [5.41, 5.74) is 11.0. The quantitative estimate of drug-likeness (QED) is 0.200. The molecule has 0 radical (unpaired) electrons. The van der Waals surface area contributed by atoms with Crippen LogP contribution in [0, 0.1) is 0 Å². The number of nitrogens with one attached hydrogen (secondary N) is 1. The van der Waals surface area contributed by atoms with Gasteiger partial charge in [-0.1, -0.05) is 85.0 Å². The van der Waals surface area contributed by atoms with Crippen molar-refractivity contribution in [3.63, 3.8) is 0 Å². The van der Waals surface area contributed by atoms with E-state index < -0.39 is 0 Å². The average Bonchev–Trinajstić information content (AvgIpc) is 3.82. The smallest absolute Gasteiger partial charge is 0.0435 e. The lowest BCUT2D eigenvalue weighted by Gasteiger charge is -2.20. The van der Waals surface area contributed by atoms with Gasteiger partial charge in [0.1, 0.15) is 0 Å². The molecule has 0 spiro atoms. The first-order valence-electron chi connectivity index (χ1n) is 16.3. The molecule has 0 amide bonds. The largest absolute Gasteiger partial charge is 0.387 e. The van der Waals surface area contributed by atoms with E-state index in [0.717, 1.165) is 6.54 Å². The van der Waals surface area contributed by atoms with Crippen molar-refractivity contribution in [1.82, 2.24) is 10.3 Å². The standard InChI is InChI=1S/C42H28N2S3/c1-3-13-37-23(7-1)25-9-5-11-27(39(25)45-37)31-19-33-34-20-32(28-12-6-10-26-24-8-2-4-14-38(24)46-40(26)28)36-22-44-18-16-30(36)42(34)47-41(33)29-15-17-43-21-35(29)31/h1-21,23-24,37-38,44H,22H2. The van der Waals surface area contributed by atoms with Crippen LogP contribution in [-0.2, 0) is 6.54 Å². The lowest BCUT2D eigenvalue weighted by Crippen LogP contribution is -2.11. The maximum absolute atomic E-state index is 4.66. The van der Waals surface area contributed by atoms with Crippen LogP contribution in [0.25, 0.3) is 59.3 Å². The third-order valence-electron chi connectivity index (χ3n) is 10.5. The molecule has 11 rings (SSSR count). The zero-order chi connectivity index (χ0) is 30.6. The van der Waals surface area contributed by atoms with Crippen molar-refractivity contribution in [2.75, 3.05) is 0 Å². The van der Waals surface area contributed by atoms with Crippen LogP contribution in [-0.4, -0.2) is 15.5 Å². The normalized spacial score (nSPS) is 22.8. The molecule has 47 heavy (non-hydrogen) atoms. The van der Waals surface area contributed by atoms with E-state index in [-0.39, 0.29) is 0 Å². The molecule has 6 aromatic rings. The second-order valence-corrected chi connectivity index (χ2v) is 16.3. The first kappa shape index (κ1) is 26.7. The molecular weight excluding hydrogens is 629 g/mol. The number of fused-ring (bicyclic) bond motifs is 13. The number of rotatable bonds is 2. The summed E-state index contributed by atoms with van der Waals surface area (Å²) in [5.74, 6) is 0.882. The van der Waals surface area contributed by atoms with Gasteiger partial charge in [-0.2, -0.15) is 0 Å². The Balaban J connectivity index is 1.19. The van der Waals surface area contributed by atoms with Gasteiger partial charge in [0.15, 0.2) is 0 Å². The van der Waals surface area contributed by atoms with E-state index in [1.165, 1.54) is 85.2 Å². The van der Waals surface area contributed by atoms with E-state index in [2.05, 4.69) is 132 Å². The van der Waals surface area contributed by atoms with E-state index in [1.807, 2.05) is 41.1 Å². The van der Waals surface area contributed by atoms with Crippen molar-refractivity contribution in [2.45, 2.75) is 38.7 Å². The first-order chi connectivity index (χ1) is 23.3. The summed E-state index contributed by atoms with van der Waals surface area (Å²) in [6.45, 7) is 0.834. The number of thiophene rings is 1. The maximum atomic E-state index is 4.66. The zero-order valence-electron chi connectivity index (χ0n) is 25.3. The summed E-state index contributed by atoms with van der Waals surface area (Å²) >= 11 is 5.99. The third-order valence-corrected chi connectivity index (χ3v) is 14.6. The molecule has 2 aromatic heterocycles. The van der Waals surface area contributed by atoms with Gasteiger partial charge in [0.2, 0.25) is 0 Å². The molecule has 0 saturated carbocycles. The molecule has 5 heterocycles. The van der Waals surface area contributed by atoms with Gasteiger partial charge in [-0.3, -0.25) is 4.98 Å². The molecule has 3 aliphatic heterocycles. The van der Waals surface area contributed by atoms with Crippen molar-refractivity contribution in [1.29, 1.82) is 0 Å². The fourth-order valence-corrected chi connectivity index (χ4v) is 12.7. The van der Waals surface area contributed by atoms with Crippen LogP contribution in [0.15, 0.2) is 132 Å². The predicted octanol–water partition coefficient (Wildman–Crippen LogP) is 11.4. The van der Waals surface area contributed by atoms with Crippen LogP contribution >= 0.6 is 34.9 Å². The Labute approximate surface area is 285 Å². The predicted molar refractivity (Wildman–Crippen MR) is 203 cm³/mol. The molecule has 4 atom stereocenters. The number of benzene rings is 4. The van der Waals surface area contributed by atoms with Gasteiger partial charge < -0.3 is 5.32 Å². The van der Waals surface area contributed by atoms with Gasteiger partial charge in [-0.15, -0.1) is 34.9 Å². The lowest BCUT2D eigenvalue weighted by molar-refractivity contribution is 0.862. The van der Waals surface area contributed by atoms with Crippen LogP contribution in [0.4, 0.5) is 0 Å². The minimum Gasteiger partial charge on any atom is -0.387 e. The van der Waals surface area contributed by atoms with E-state index >= 15 is 0 Å². The highest BCUT2D eigenvalue weighted by molar-refractivity contribution is 8.00. The molecular formula is C42H28N2S3. The maximum Gasteiger partial charge on any atom is 0.0435 e. The molecule has 4 unspecified atom stereocenters. The highest BCUT2D eigenvalue weighted by atomic mass is 32.2. The van der Waals surface area contributed by atoms with Crippen LogP contribution in [0.1, 0.15) is 34.1 Å². The Morgan fingerprint density at radius 3 is 2.04 bits per heavy atom. The fraction of sp³-hybridized carbons (Fsp3) is 0.119. The molecule has 0 saturated heterocycles. The summed E-state index contributed by atoms with van der Waals surface area (Å²) < 4.78 is 2.72. The van der Waals surface area contributed by atoms with Crippen LogP contribution < -0.4 is 5.32 Å². The molecule has 0 fully saturated rings. The minimum atomic E-state index is 0.435. The van der Waals surface area contributed by atoms with E-state index in [9.17, 15) is 0 Å². The molecule has 2 nitrogen and oxygen atoms in total. The first-order valence-corrected chi connectivity index (χ1v) is 18.9. The number of allylic oxidation sites excluding steroid dienone is 6. The van der Waals surface area contributed by atoms with Crippen LogP contribution in [0.2, 0.25) is 0 Å². The Hall–Kier alpha value is -4.29. The van der Waals surface area contributed by atoms with Crippen molar-refractivity contribution >= 4 is 71.9 Å². The van der Waals surface area contributed by atoms with Gasteiger partial charge in [0.25, 0.3) is 0 Å². The Bertz CT molecular complexity index is 2510. The van der Waals surface area contributed by atoms with E-state index in [1.54, 1.807) is 0 Å². The second kappa shape index (κ2) is 10.1. The average molecular weight is 657 g/mol. The summed E-state index contributed by atoms with van der Waals surface area (Å²) in [5, 5.41) is 9.69. The summed E-state index contributed by atoms with van der Waals surface area (Å²) in [6, 6.07) is 21.1. The number of aromatic nitrogens is 1. The molecule has 2 aliphatic carbocycles. The summed E-state index contributed by atoms with van der Waals surface area (Å²) in [4.78, 5) is 7.51. The van der Waals surface area contributed by atoms with Gasteiger partial charge in [0, 0.05) is 82.0 Å². The number of thioether (sulfide) groups is 2. The lowest BCUT2D eigenvalue weighted by atomic mass is 9.87. The Morgan fingerprint density at radius 1 is 0.638 bits per heavy atom.